The van der Waals surface area contributed by atoms with Gasteiger partial charge in [-0.2, -0.15) is 0 Å². The van der Waals surface area contributed by atoms with Gasteiger partial charge in [0, 0.05) is 11.8 Å². The minimum Gasteiger partial charge on any atom is -0.497 e. The quantitative estimate of drug-likeness (QED) is 0.932. The van der Waals surface area contributed by atoms with Gasteiger partial charge in [-0.05, 0) is 29.8 Å². The number of carbonyl (C=O) groups is 1. The lowest BCUT2D eigenvalue weighted by Crippen LogP contribution is -2.14. The SMILES string of the molecule is COc1cccc(CC(=O)Nc2ccc(F)c(F)c2)c1. The summed E-state index contributed by atoms with van der Waals surface area (Å²) in [5.41, 5.74) is 0.987. The van der Waals surface area contributed by atoms with Crippen LogP contribution < -0.4 is 10.1 Å². The molecule has 1 amide bonds. The zero-order valence-corrected chi connectivity index (χ0v) is 10.8. The van der Waals surface area contributed by atoms with E-state index < -0.39 is 11.6 Å². The first-order chi connectivity index (χ1) is 9.58. The van der Waals surface area contributed by atoms with E-state index >= 15 is 0 Å². The number of anilines is 1. The maximum absolute atomic E-state index is 13.0. The third-order valence-corrected chi connectivity index (χ3v) is 2.70. The Balaban J connectivity index is 2.03. The first-order valence-electron chi connectivity index (χ1n) is 5.96. The van der Waals surface area contributed by atoms with Crippen molar-refractivity contribution in [2.24, 2.45) is 0 Å². The standard InChI is InChI=1S/C15H13F2NO2/c1-20-12-4-2-3-10(7-12)8-15(19)18-11-5-6-13(16)14(17)9-11/h2-7,9H,8H2,1H3,(H,18,19). The van der Waals surface area contributed by atoms with Gasteiger partial charge in [-0.25, -0.2) is 8.78 Å². The second-order valence-corrected chi connectivity index (χ2v) is 4.21. The van der Waals surface area contributed by atoms with Crippen LogP contribution in [0, 0.1) is 11.6 Å². The van der Waals surface area contributed by atoms with Gasteiger partial charge in [-0.15, -0.1) is 0 Å². The van der Waals surface area contributed by atoms with E-state index in [1.54, 1.807) is 31.4 Å². The molecule has 5 heteroatoms. The summed E-state index contributed by atoms with van der Waals surface area (Å²) in [6.07, 6.45) is 0.121. The van der Waals surface area contributed by atoms with Gasteiger partial charge >= 0.3 is 0 Å². The van der Waals surface area contributed by atoms with Gasteiger partial charge in [0.2, 0.25) is 5.91 Å². The van der Waals surface area contributed by atoms with Gasteiger partial charge in [-0.1, -0.05) is 12.1 Å². The summed E-state index contributed by atoms with van der Waals surface area (Å²) in [7, 11) is 1.54. The molecular weight excluding hydrogens is 264 g/mol. The van der Waals surface area contributed by atoms with Crippen molar-refractivity contribution in [1.82, 2.24) is 0 Å². The predicted octanol–water partition coefficient (Wildman–Crippen LogP) is 3.15. The number of ether oxygens (including phenoxy) is 1. The van der Waals surface area contributed by atoms with E-state index in [9.17, 15) is 13.6 Å². The minimum atomic E-state index is -0.996. The predicted molar refractivity (Wildman–Crippen MR) is 71.7 cm³/mol. The molecule has 3 nitrogen and oxygen atoms in total. The first kappa shape index (κ1) is 14.0. The number of hydrogen-bond donors (Lipinski definition) is 1. The Morgan fingerprint density at radius 2 is 1.95 bits per heavy atom. The van der Waals surface area contributed by atoms with Gasteiger partial charge in [0.05, 0.1) is 13.5 Å². The van der Waals surface area contributed by atoms with Crippen molar-refractivity contribution in [1.29, 1.82) is 0 Å². The van der Waals surface area contributed by atoms with Crippen LogP contribution in [0.5, 0.6) is 5.75 Å². The van der Waals surface area contributed by atoms with Crippen molar-refractivity contribution >= 4 is 11.6 Å². The van der Waals surface area contributed by atoms with E-state index in [0.717, 1.165) is 17.7 Å². The molecule has 0 unspecified atom stereocenters. The van der Waals surface area contributed by atoms with Crippen molar-refractivity contribution in [2.45, 2.75) is 6.42 Å². The molecule has 2 aromatic carbocycles. The lowest BCUT2D eigenvalue weighted by atomic mass is 10.1. The van der Waals surface area contributed by atoms with Crippen LogP contribution in [-0.2, 0) is 11.2 Å². The smallest absolute Gasteiger partial charge is 0.228 e. The van der Waals surface area contributed by atoms with Gasteiger partial charge in [0.1, 0.15) is 5.75 Å². The normalized spacial score (nSPS) is 10.2. The molecule has 0 aliphatic heterocycles. The summed E-state index contributed by atoms with van der Waals surface area (Å²) < 4.78 is 30.8. The highest BCUT2D eigenvalue weighted by atomic mass is 19.2. The summed E-state index contributed by atoms with van der Waals surface area (Å²) in [5, 5.41) is 2.51. The molecule has 0 atom stereocenters. The van der Waals surface area contributed by atoms with Crippen LogP contribution in [0.2, 0.25) is 0 Å². The van der Waals surface area contributed by atoms with Crippen LogP contribution in [0.15, 0.2) is 42.5 Å². The zero-order valence-electron chi connectivity index (χ0n) is 10.8. The van der Waals surface area contributed by atoms with Crippen LogP contribution >= 0.6 is 0 Å². The van der Waals surface area contributed by atoms with Crippen LogP contribution in [0.3, 0.4) is 0 Å². The fourth-order valence-corrected chi connectivity index (χ4v) is 1.75. The molecule has 20 heavy (non-hydrogen) atoms. The average molecular weight is 277 g/mol. The minimum absolute atomic E-state index is 0.121. The number of halogens is 2. The zero-order chi connectivity index (χ0) is 14.5. The Kier molecular flexibility index (Phi) is 4.30. The van der Waals surface area contributed by atoms with Crippen LogP contribution in [0.1, 0.15) is 5.56 Å². The van der Waals surface area contributed by atoms with Crippen molar-refractivity contribution in [3.05, 3.63) is 59.7 Å². The van der Waals surface area contributed by atoms with Gasteiger partial charge in [0.25, 0.3) is 0 Å². The van der Waals surface area contributed by atoms with Crippen LogP contribution in [0.4, 0.5) is 14.5 Å². The molecule has 1 N–H and O–H groups in total. The molecule has 0 saturated heterocycles. The van der Waals surface area contributed by atoms with Gasteiger partial charge in [0.15, 0.2) is 11.6 Å². The summed E-state index contributed by atoms with van der Waals surface area (Å²) in [6, 6.07) is 10.3. The molecule has 0 aliphatic carbocycles. The summed E-state index contributed by atoms with van der Waals surface area (Å²) in [5.74, 6) is -1.60. The van der Waals surface area contributed by atoms with Crippen molar-refractivity contribution in [2.75, 3.05) is 12.4 Å². The summed E-state index contributed by atoms with van der Waals surface area (Å²) in [4.78, 5) is 11.8. The lowest BCUT2D eigenvalue weighted by molar-refractivity contribution is -0.115. The third-order valence-electron chi connectivity index (χ3n) is 2.70. The molecule has 0 radical (unpaired) electrons. The molecule has 0 bridgehead atoms. The first-order valence-corrected chi connectivity index (χ1v) is 5.96. The Labute approximate surface area is 115 Å². The van der Waals surface area contributed by atoms with E-state index in [1.165, 1.54) is 6.07 Å². The Hall–Kier alpha value is -2.43. The van der Waals surface area contributed by atoms with Crippen molar-refractivity contribution in [3.63, 3.8) is 0 Å². The molecule has 0 saturated carbocycles. The molecule has 0 aromatic heterocycles. The molecule has 0 fully saturated rings. The number of carbonyl (C=O) groups excluding carboxylic acids is 1. The summed E-state index contributed by atoms with van der Waals surface area (Å²) in [6.45, 7) is 0. The van der Waals surface area contributed by atoms with Gasteiger partial charge in [-0.3, -0.25) is 4.79 Å². The monoisotopic (exact) mass is 277 g/mol. The van der Waals surface area contributed by atoms with E-state index in [2.05, 4.69) is 5.32 Å². The van der Waals surface area contributed by atoms with Crippen molar-refractivity contribution < 1.29 is 18.3 Å². The number of methoxy groups -OCH3 is 1. The fourth-order valence-electron chi connectivity index (χ4n) is 1.75. The van der Waals surface area contributed by atoms with E-state index in [4.69, 9.17) is 4.74 Å². The fraction of sp³-hybridized carbons (Fsp3) is 0.133. The van der Waals surface area contributed by atoms with E-state index in [1.807, 2.05) is 0 Å². The van der Waals surface area contributed by atoms with Gasteiger partial charge < -0.3 is 10.1 Å². The number of rotatable bonds is 4. The molecule has 104 valence electrons. The molecule has 2 aromatic rings. The maximum atomic E-state index is 13.0. The second kappa shape index (κ2) is 6.14. The Morgan fingerprint density at radius 1 is 1.15 bits per heavy atom. The summed E-state index contributed by atoms with van der Waals surface area (Å²) >= 11 is 0. The number of nitrogens with one attached hydrogen (secondary N) is 1. The highest BCUT2D eigenvalue weighted by Crippen LogP contribution is 2.15. The number of amides is 1. The molecule has 0 spiro atoms. The van der Waals surface area contributed by atoms with Crippen LogP contribution in [-0.4, -0.2) is 13.0 Å². The highest BCUT2D eigenvalue weighted by Gasteiger charge is 2.07. The third kappa shape index (κ3) is 3.54. The Morgan fingerprint density at radius 3 is 2.65 bits per heavy atom. The lowest BCUT2D eigenvalue weighted by Gasteiger charge is -2.07. The molecule has 0 heterocycles. The molecule has 2 rings (SSSR count). The maximum Gasteiger partial charge on any atom is 0.228 e. The van der Waals surface area contributed by atoms with Crippen molar-refractivity contribution in [3.8, 4) is 5.75 Å². The number of hydrogen-bond acceptors (Lipinski definition) is 2. The topological polar surface area (TPSA) is 38.3 Å². The molecule has 0 aliphatic rings. The van der Waals surface area contributed by atoms with E-state index in [0.29, 0.717) is 5.75 Å². The average Bonchev–Trinajstić information content (AvgIpc) is 2.43. The second-order valence-electron chi connectivity index (χ2n) is 4.21. The number of benzene rings is 2. The van der Waals surface area contributed by atoms with E-state index in [-0.39, 0.29) is 18.0 Å². The van der Waals surface area contributed by atoms with Crippen LogP contribution in [0.25, 0.3) is 0 Å². The highest BCUT2D eigenvalue weighted by molar-refractivity contribution is 5.92. The largest absolute Gasteiger partial charge is 0.497 e. The Bertz CT molecular complexity index is 629. The molecular formula is C15H13F2NO2.